The molecule has 168 valence electrons. The van der Waals surface area contributed by atoms with Gasteiger partial charge >= 0.3 is 5.97 Å². The third-order valence-electron chi connectivity index (χ3n) is 4.30. The Balaban J connectivity index is 1.50. The molecule has 0 aliphatic rings. The fourth-order valence-electron chi connectivity index (χ4n) is 2.58. The fraction of sp³-hybridized carbons (Fsp3) is 0.0870. The summed E-state index contributed by atoms with van der Waals surface area (Å²) in [6, 6.07) is 18.9. The topological polar surface area (TPSA) is 120 Å². The first kappa shape index (κ1) is 23.6. The number of carbonyl (C=O) groups excluding carboxylic acids is 2. The minimum atomic E-state index is -0.872. The summed E-state index contributed by atoms with van der Waals surface area (Å²) in [4.78, 5) is 34.5. The summed E-state index contributed by atoms with van der Waals surface area (Å²) in [7, 11) is 0. The molecule has 1 amide bonds. The van der Waals surface area contributed by atoms with Gasteiger partial charge in [0.25, 0.3) is 11.6 Å². The van der Waals surface area contributed by atoms with E-state index in [4.69, 9.17) is 9.47 Å². The number of esters is 1. The number of hydrogen-bond donors (Lipinski definition) is 1. The molecule has 0 saturated carbocycles. The number of nitrogens with one attached hydrogen (secondary N) is 1. The number of ether oxygens (including phenoxy) is 2. The maximum Gasteiger partial charge on any atom is 0.344 e. The van der Waals surface area contributed by atoms with E-state index in [9.17, 15) is 19.7 Å². The molecule has 0 fully saturated rings. The standard InChI is InChI=1S/C23H18BrN3O6/c1-15(32-18-12-8-17(9-13-18)27(30)31)22(28)26-25-14-16-6-10-19(11-7-16)33-23(29)20-4-2-3-5-21(20)24/h2-15H,1H3,(H,26,28)/b25-14-/t15-/m1/s1. The van der Waals surface area contributed by atoms with Gasteiger partial charge in [0.1, 0.15) is 11.5 Å². The number of nitro groups is 1. The van der Waals surface area contributed by atoms with Gasteiger partial charge < -0.3 is 9.47 Å². The Labute approximate surface area is 197 Å². The molecule has 0 radical (unpaired) electrons. The highest BCUT2D eigenvalue weighted by Gasteiger charge is 2.15. The summed E-state index contributed by atoms with van der Waals surface area (Å²) in [5, 5.41) is 14.6. The number of benzene rings is 3. The van der Waals surface area contributed by atoms with E-state index < -0.39 is 22.9 Å². The van der Waals surface area contributed by atoms with Gasteiger partial charge in [-0.05, 0) is 76.9 Å². The van der Waals surface area contributed by atoms with Gasteiger partial charge in [0.2, 0.25) is 0 Å². The van der Waals surface area contributed by atoms with Gasteiger partial charge in [-0.1, -0.05) is 12.1 Å². The van der Waals surface area contributed by atoms with Crippen LogP contribution >= 0.6 is 15.9 Å². The van der Waals surface area contributed by atoms with E-state index in [1.165, 1.54) is 37.4 Å². The normalized spacial score (nSPS) is 11.6. The molecule has 9 nitrogen and oxygen atoms in total. The molecule has 0 saturated heterocycles. The van der Waals surface area contributed by atoms with Gasteiger partial charge in [-0.25, -0.2) is 10.2 Å². The molecule has 3 aromatic carbocycles. The molecule has 3 aromatic rings. The molecule has 3 rings (SSSR count). The van der Waals surface area contributed by atoms with Crippen LogP contribution in [-0.4, -0.2) is 29.1 Å². The third-order valence-corrected chi connectivity index (χ3v) is 4.99. The van der Waals surface area contributed by atoms with Crippen LogP contribution in [0.15, 0.2) is 82.4 Å². The van der Waals surface area contributed by atoms with Crippen LogP contribution in [0.1, 0.15) is 22.8 Å². The Morgan fingerprint density at radius 3 is 2.30 bits per heavy atom. The van der Waals surface area contributed by atoms with Gasteiger partial charge in [-0.2, -0.15) is 5.10 Å². The van der Waals surface area contributed by atoms with Crippen LogP contribution in [0, 0.1) is 10.1 Å². The van der Waals surface area contributed by atoms with Gasteiger partial charge in [-0.3, -0.25) is 14.9 Å². The van der Waals surface area contributed by atoms with Crippen molar-refractivity contribution in [3.8, 4) is 11.5 Å². The quantitative estimate of drug-likeness (QED) is 0.156. The number of nitrogens with zero attached hydrogens (tertiary/aromatic N) is 2. The van der Waals surface area contributed by atoms with Crippen LogP contribution in [0.3, 0.4) is 0 Å². The minimum absolute atomic E-state index is 0.0715. The molecular formula is C23H18BrN3O6. The maximum atomic E-state index is 12.2. The summed E-state index contributed by atoms with van der Waals surface area (Å²) in [6.07, 6.45) is 0.554. The zero-order chi connectivity index (χ0) is 23.8. The van der Waals surface area contributed by atoms with Crippen LogP contribution in [-0.2, 0) is 4.79 Å². The van der Waals surface area contributed by atoms with Crippen LogP contribution in [0.25, 0.3) is 0 Å². The Morgan fingerprint density at radius 2 is 1.67 bits per heavy atom. The van der Waals surface area contributed by atoms with Crippen molar-refractivity contribution < 1.29 is 24.0 Å². The SMILES string of the molecule is C[C@@H](Oc1ccc([N+](=O)[O-])cc1)C(=O)N/N=C\c1ccc(OC(=O)c2ccccc2Br)cc1. The van der Waals surface area contributed by atoms with Crippen LogP contribution < -0.4 is 14.9 Å². The lowest BCUT2D eigenvalue weighted by molar-refractivity contribution is -0.384. The monoisotopic (exact) mass is 511 g/mol. The number of carbonyl (C=O) groups is 2. The highest BCUT2D eigenvalue weighted by atomic mass is 79.9. The molecule has 1 atom stereocenters. The lowest BCUT2D eigenvalue weighted by atomic mass is 10.2. The van der Waals surface area contributed by atoms with Crippen molar-refractivity contribution >= 4 is 39.7 Å². The second-order valence-electron chi connectivity index (χ2n) is 6.68. The average molecular weight is 512 g/mol. The molecule has 0 spiro atoms. The lowest BCUT2D eigenvalue weighted by Crippen LogP contribution is -2.33. The molecule has 33 heavy (non-hydrogen) atoms. The zero-order valence-electron chi connectivity index (χ0n) is 17.3. The average Bonchev–Trinajstić information content (AvgIpc) is 2.80. The van der Waals surface area contributed by atoms with E-state index in [2.05, 4.69) is 26.5 Å². The fourth-order valence-corrected chi connectivity index (χ4v) is 3.02. The largest absolute Gasteiger partial charge is 0.481 e. The minimum Gasteiger partial charge on any atom is -0.481 e. The molecule has 0 heterocycles. The van der Waals surface area contributed by atoms with Gasteiger partial charge in [0, 0.05) is 16.6 Å². The van der Waals surface area contributed by atoms with Crippen LogP contribution in [0.2, 0.25) is 0 Å². The smallest absolute Gasteiger partial charge is 0.344 e. The van der Waals surface area contributed by atoms with Gasteiger partial charge in [0.05, 0.1) is 16.7 Å². The Bertz CT molecular complexity index is 1180. The second kappa shape index (κ2) is 11.0. The lowest BCUT2D eigenvalue weighted by Gasteiger charge is -2.12. The van der Waals surface area contributed by atoms with E-state index in [1.807, 2.05) is 0 Å². The summed E-state index contributed by atoms with van der Waals surface area (Å²) in [5.74, 6) is -0.302. The number of amides is 1. The van der Waals surface area contributed by atoms with Gasteiger partial charge in [0.15, 0.2) is 6.10 Å². The van der Waals surface area contributed by atoms with Crippen molar-refractivity contribution in [1.82, 2.24) is 5.43 Å². The number of halogens is 1. The van der Waals surface area contributed by atoms with E-state index in [1.54, 1.807) is 48.5 Å². The molecule has 10 heteroatoms. The predicted molar refractivity (Wildman–Crippen MR) is 124 cm³/mol. The summed E-state index contributed by atoms with van der Waals surface area (Å²) < 4.78 is 11.4. The summed E-state index contributed by atoms with van der Waals surface area (Å²) in [5.41, 5.74) is 3.37. The first-order valence-electron chi connectivity index (χ1n) is 9.64. The Morgan fingerprint density at radius 1 is 1.03 bits per heavy atom. The molecular weight excluding hydrogens is 494 g/mol. The third kappa shape index (κ3) is 6.71. The van der Waals surface area contributed by atoms with Crippen molar-refractivity contribution in [2.45, 2.75) is 13.0 Å². The molecule has 1 N–H and O–H groups in total. The van der Waals surface area contributed by atoms with Crippen molar-refractivity contribution in [3.63, 3.8) is 0 Å². The predicted octanol–water partition coefficient (Wildman–Crippen LogP) is 4.49. The second-order valence-corrected chi connectivity index (χ2v) is 7.54. The molecule has 0 aliphatic heterocycles. The van der Waals surface area contributed by atoms with E-state index in [0.29, 0.717) is 27.1 Å². The summed E-state index contributed by atoms with van der Waals surface area (Å²) >= 11 is 3.31. The number of hydrogen-bond acceptors (Lipinski definition) is 7. The highest BCUT2D eigenvalue weighted by Crippen LogP contribution is 2.20. The zero-order valence-corrected chi connectivity index (χ0v) is 18.9. The first-order valence-corrected chi connectivity index (χ1v) is 10.4. The van der Waals surface area contributed by atoms with E-state index >= 15 is 0 Å². The van der Waals surface area contributed by atoms with Crippen LogP contribution in [0.5, 0.6) is 11.5 Å². The number of nitro benzene ring substituents is 1. The van der Waals surface area contributed by atoms with Crippen molar-refractivity contribution in [2.24, 2.45) is 5.10 Å². The van der Waals surface area contributed by atoms with Crippen molar-refractivity contribution in [3.05, 3.63) is 98.5 Å². The number of non-ortho nitro benzene ring substituents is 1. The first-order chi connectivity index (χ1) is 15.8. The van der Waals surface area contributed by atoms with Gasteiger partial charge in [-0.15, -0.1) is 0 Å². The Hall–Kier alpha value is -4.05. The van der Waals surface area contributed by atoms with Crippen molar-refractivity contribution in [2.75, 3.05) is 0 Å². The molecule has 0 aliphatic carbocycles. The molecule has 0 aromatic heterocycles. The molecule has 0 bridgehead atoms. The van der Waals surface area contributed by atoms with Crippen LogP contribution in [0.4, 0.5) is 5.69 Å². The highest BCUT2D eigenvalue weighted by molar-refractivity contribution is 9.10. The Kier molecular flexibility index (Phi) is 7.87. The maximum absolute atomic E-state index is 12.2. The molecule has 0 unspecified atom stereocenters. The number of hydrazone groups is 1. The van der Waals surface area contributed by atoms with E-state index in [0.717, 1.165) is 0 Å². The van der Waals surface area contributed by atoms with Crippen molar-refractivity contribution in [1.29, 1.82) is 0 Å². The van der Waals surface area contributed by atoms with E-state index in [-0.39, 0.29) is 5.69 Å². The summed E-state index contributed by atoms with van der Waals surface area (Å²) in [6.45, 7) is 1.53. The number of rotatable bonds is 8.